The molecule has 1 aromatic heterocycles. The van der Waals surface area contributed by atoms with Gasteiger partial charge in [0.1, 0.15) is 17.9 Å². The number of nitrogens with zero attached hydrogens (tertiary/aromatic N) is 5. The highest BCUT2D eigenvalue weighted by molar-refractivity contribution is 5.07. The Hall–Kier alpha value is -1.92. The van der Waals surface area contributed by atoms with Crippen molar-refractivity contribution in [3.63, 3.8) is 0 Å². The Morgan fingerprint density at radius 2 is 2.31 bits per heavy atom. The first-order chi connectivity index (χ1) is 7.63. The second-order valence-corrected chi connectivity index (χ2v) is 3.75. The molecule has 1 N–H and O–H groups in total. The summed E-state index contributed by atoms with van der Waals surface area (Å²) >= 11 is 0. The zero-order valence-corrected chi connectivity index (χ0v) is 9.43. The summed E-state index contributed by atoms with van der Waals surface area (Å²) < 4.78 is 1.50. The van der Waals surface area contributed by atoms with E-state index in [0.717, 1.165) is 13.0 Å². The average Bonchev–Trinajstić information content (AvgIpc) is 2.74. The number of aromatic nitrogens is 3. The standard InChI is InChI=1S/C10H14N6/c1-3-4-14-10(2,6-12)7-16-8-13-9(5-11)15-16/h8,14H,3-4,7H2,1-2H3. The van der Waals surface area contributed by atoms with Gasteiger partial charge in [0.25, 0.3) is 5.82 Å². The highest BCUT2D eigenvalue weighted by Crippen LogP contribution is 2.05. The van der Waals surface area contributed by atoms with Crippen molar-refractivity contribution in [2.24, 2.45) is 0 Å². The minimum absolute atomic E-state index is 0.121. The van der Waals surface area contributed by atoms with E-state index in [2.05, 4.69) is 21.5 Å². The fourth-order valence-corrected chi connectivity index (χ4v) is 1.28. The molecule has 0 radical (unpaired) electrons. The zero-order valence-electron chi connectivity index (χ0n) is 9.43. The van der Waals surface area contributed by atoms with Gasteiger partial charge < -0.3 is 0 Å². The summed E-state index contributed by atoms with van der Waals surface area (Å²) in [6.07, 6.45) is 2.42. The van der Waals surface area contributed by atoms with Crippen molar-refractivity contribution in [1.29, 1.82) is 10.5 Å². The molecule has 6 heteroatoms. The zero-order chi connectivity index (χ0) is 12.0. The summed E-state index contributed by atoms with van der Waals surface area (Å²) in [4.78, 5) is 3.79. The highest BCUT2D eigenvalue weighted by Gasteiger charge is 2.23. The normalized spacial score (nSPS) is 13.8. The van der Waals surface area contributed by atoms with Gasteiger partial charge in [-0.3, -0.25) is 5.32 Å². The Bertz CT molecular complexity index is 423. The smallest absolute Gasteiger partial charge is 0.252 e. The molecule has 84 valence electrons. The van der Waals surface area contributed by atoms with Crippen molar-refractivity contribution in [2.75, 3.05) is 6.54 Å². The molecular weight excluding hydrogens is 204 g/mol. The van der Waals surface area contributed by atoms with Crippen LogP contribution < -0.4 is 5.32 Å². The molecule has 1 atom stereocenters. The lowest BCUT2D eigenvalue weighted by molar-refractivity contribution is 0.370. The number of nitriles is 2. The topological polar surface area (TPSA) is 90.3 Å². The van der Waals surface area contributed by atoms with Crippen LogP contribution in [0, 0.1) is 22.7 Å². The molecule has 0 aliphatic rings. The maximum absolute atomic E-state index is 9.10. The SMILES string of the molecule is CCCNC(C)(C#N)Cn1cnc(C#N)n1. The van der Waals surface area contributed by atoms with Gasteiger partial charge in [-0.2, -0.15) is 10.5 Å². The predicted molar refractivity (Wildman–Crippen MR) is 57.0 cm³/mol. The predicted octanol–water partition coefficient (Wildman–Crippen LogP) is 0.432. The fraction of sp³-hybridized carbons (Fsp3) is 0.600. The van der Waals surface area contributed by atoms with Gasteiger partial charge in [-0.25, -0.2) is 9.67 Å². The first-order valence-corrected chi connectivity index (χ1v) is 5.09. The van der Waals surface area contributed by atoms with Gasteiger partial charge in [-0.15, -0.1) is 5.10 Å². The quantitative estimate of drug-likeness (QED) is 0.774. The Morgan fingerprint density at radius 3 is 2.81 bits per heavy atom. The van der Waals surface area contributed by atoms with Crippen LogP contribution in [0.15, 0.2) is 6.33 Å². The molecule has 1 rings (SSSR count). The van der Waals surface area contributed by atoms with Crippen molar-refractivity contribution in [2.45, 2.75) is 32.4 Å². The van der Waals surface area contributed by atoms with Crippen LogP contribution in [0.5, 0.6) is 0 Å². The molecule has 1 unspecified atom stereocenters. The van der Waals surface area contributed by atoms with E-state index in [0.29, 0.717) is 6.54 Å². The van der Waals surface area contributed by atoms with Crippen molar-refractivity contribution >= 4 is 0 Å². The van der Waals surface area contributed by atoms with Gasteiger partial charge >= 0.3 is 0 Å². The molecule has 0 saturated carbocycles. The van der Waals surface area contributed by atoms with Crippen LogP contribution in [0.25, 0.3) is 0 Å². The van der Waals surface area contributed by atoms with Crippen LogP contribution in [-0.4, -0.2) is 26.8 Å². The van der Waals surface area contributed by atoms with E-state index in [1.54, 1.807) is 6.92 Å². The molecule has 0 bridgehead atoms. The Morgan fingerprint density at radius 1 is 1.56 bits per heavy atom. The summed E-state index contributed by atoms with van der Waals surface area (Å²) in [5.41, 5.74) is -0.684. The van der Waals surface area contributed by atoms with Crippen LogP contribution in [0.4, 0.5) is 0 Å². The number of hydrogen-bond donors (Lipinski definition) is 1. The molecule has 6 nitrogen and oxygen atoms in total. The highest BCUT2D eigenvalue weighted by atomic mass is 15.3. The van der Waals surface area contributed by atoms with Crippen molar-refractivity contribution in [3.05, 3.63) is 12.2 Å². The fourth-order valence-electron chi connectivity index (χ4n) is 1.28. The van der Waals surface area contributed by atoms with Gasteiger partial charge in [-0.1, -0.05) is 6.92 Å². The van der Waals surface area contributed by atoms with Crippen LogP contribution >= 0.6 is 0 Å². The third-order valence-corrected chi connectivity index (χ3v) is 2.13. The van der Waals surface area contributed by atoms with Gasteiger partial charge in [0.05, 0.1) is 12.6 Å². The molecule has 0 aromatic carbocycles. The molecule has 0 aliphatic carbocycles. The molecule has 1 heterocycles. The monoisotopic (exact) mass is 218 g/mol. The summed E-state index contributed by atoms with van der Waals surface area (Å²) in [6, 6.07) is 4.05. The lowest BCUT2D eigenvalue weighted by Crippen LogP contribution is -2.45. The summed E-state index contributed by atoms with van der Waals surface area (Å²) in [5, 5.41) is 24.7. The maximum atomic E-state index is 9.10. The van der Waals surface area contributed by atoms with Crippen molar-refractivity contribution < 1.29 is 0 Å². The molecule has 0 aliphatic heterocycles. The van der Waals surface area contributed by atoms with E-state index >= 15 is 0 Å². The van der Waals surface area contributed by atoms with Crippen LogP contribution in [0.3, 0.4) is 0 Å². The third-order valence-electron chi connectivity index (χ3n) is 2.13. The second-order valence-electron chi connectivity index (χ2n) is 3.75. The summed E-state index contributed by atoms with van der Waals surface area (Å²) in [6.45, 7) is 4.98. The number of nitrogens with one attached hydrogen (secondary N) is 1. The van der Waals surface area contributed by atoms with Gasteiger partial charge in [0, 0.05) is 0 Å². The Labute approximate surface area is 94.5 Å². The summed E-state index contributed by atoms with van der Waals surface area (Å²) in [7, 11) is 0. The minimum Gasteiger partial charge on any atom is -0.298 e. The van der Waals surface area contributed by atoms with E-state index < -0.39 is 5.54 Å². The lowest BCUT2D eigenvalue weighted by Gasteiger charge is -2.22. The van der Waals surface area contributed by atoms with Gasteiger partial charge in [0.15, 0.2) is 0 Å². The maximum Gasteiger partial charge on any atom is 0.252 e. The molecule has 0 amide bonds. The summed E-state index contributed by atoms with van der Waals surface area (Å²) in [5.74, 6) is 0.121. The number of rotatable bonds is 5. The largest absolute Gasteiger partial charge is 0.298 e. The first kappa shape index (κ1) is 12.2. The third kappa shape index (κ3) is 3.04. The van der Waals surface area contributed by atoms with E-state index in [1.165, 1.54) is 11.0 Å². The van der Waals surface area contributed by atoms with Gasteiger partial charge in [0.2, 0.25) is 0 Å². The molecule has 16 heavy (non-hydrogen) atoms. The second kappa shape index (κ2) is 5.24. The molecule has 0 fully saturated rings. The average molecular weight is 218 g/mol. The minimum atomic E-state index is -0.684. The molecule has 1 aromatic rings. The van der Waals surface area contributed by atoms with Crippen molar-refractivity contribution in [1.82, 2.24) is 20.1 Å². The van der Waals surface area contributed by atoms with Crippen LogP contribution in [0.1, 0.15) is 26.1 Å². The van der Waals surface area contributed by atoms with Crippen LogP contribution in [0.2, 0.25) is 0 Å². The van der Waals surface area contributed by atoms with E-state index in [9.17, 15) is 0 Å². The molecule has 0 saturated heterocycles. The van der Waals surface area contributed by atoms with Gasteiger partial charge in [-0.05, 0) is 19.9 Å². The number of hydrogen-bond acceptors (Lipinski definition) is 5. The van der Waals surface area contributed by atoms with E-state index in [1.807, 2.05) is 13.0 Å². The van der Waals surface area contributed by atoms with E-state index in [-0.39, 0.29) is 5.82 Å². The first-order valence-electron chi connectivity index (χ1n) is 5.09. The molecule has 0 spiro atoms. The van der Waals surface area contributed by atoms with E-state index in [4.69, 9.17) is 10.5 Å². The lowest BCUT2D eigenvalue weighted by atomic mass is 10.1. The molecular formula is C10H14N6. The Kier molecular flexibility index (Phi) is 3.98. The van der Waals surface area contributed by atoms with Crippen LogP contribution in [-0.2, 0) is 6.54 Å². The Balaban J connectivity index is 2.70. The van der Waals surface area contributed by atoms with Crippen molar-refractivity contribution in [3.8, 4) is 12.1 Å².